The van der Waals surface area contributed by atoms with Crippen LogP contribution < -0.4 is 15.6 Å². The fraction of sp³-hybridized carbons (Fsp3) is 0.304. The van der Waals surface area contributed by atoms with Crippen LogP contribution in [0.5, 0.6) is 5.88 Å². The number of aromatic nitrogens is 3. The number of carbonyl (C=O) groups is 1. The van der Waals surface area contributed by atoms with Gasteiger partial charge in [0.15, 0.2) is 6.61 Å². The molecule has 2 bridgehead atoms. The van der Waals surface area contributed by atoms with Gasteiger partial charge >= 0.3 is 12.2 Å². The van der Waals surface area contributed by atoms with E-state index in [9.17, 15) is 27.2 Å². The maximum absolute atomic E-state index is 14.8. The average Bonchev–Trinajstić information content (AvgIpc) is 3.13. The number of fused-ring (bicyclic) bond motifs is 4. The van der Waals surface area contributed by atoms with Crippen LogP contribution in [0.15, 0.2) is 47.4 Å². The normalized spacial score (nSPS) is 18.8. The Morgan fingerprint density at radius 3 is 2.69 bits per heavy atom. The lowest BCUT2D eigenvalue weighted by atomic mass is 9.99. The first-order valence-corrected chi connectivity index (χ1v) is 10.8. The molecule has 8 nitrogen and oxygen atoms in total. The number of hydrogen-bond donors (Lipinski definition) is 2. The van der Waals surface area contributed by atoms with Crippen molar-refractivity contribution in [3.05, 3.63) is 70.0 Å². The summed E-state index contributed by atoms with van der Waals surface area (Å²) in [6, 6.07) is 7.54. The van der Waals surface area contributed by atoms with Crippen LogP contribution in [0, 0.1) is 5.82 Å². The lowest BCUT2D eigenvalue weighted by molar-refractivity contribution is -0.154. The van der Waals surface area contributed by atoms with Gasteiger partial charge in [-0.2, -0.15) is 18.3 Å². The number of halogens is 4. The van der Waals surface area contributed by atoms with Gasteiger partial charge in [0.25, 0.3) is 5.56 Å². The van der Waals surface area contributed by atoms with Crippen molar-refractivity contribution < 1.29 is 27.1 Å². The number of carbonyl (C=O) groups excluding carboxylic acids is 1. The zero-order chi connectivity index (χ0) is 24.7. The fourth-order valence-electron chi connectivity index (χ4n) is 4.58. The van der Waals surface area contributed by atoms with Gasteiger partial charge in [0, 0.05) is 29.9 Å². The molecule has 2 N–H and O–H groups in total. The second-order valence-electron chi connectivity index (χ2n) is 8.41. The van der Waals surface area contributed by atoms with Gasteiger partial charge in [0.1, 0.15) is 5.82 Å². The molecule has 3 aromatic rings. The lowest BCUT2D eigenvalue weighted by Gasteiger charge is -2.35. The van der Waals surface area contributed by atoms with E-state index in [1.54, 1.807) is 11.0 Å². The van der Waals surface area contributed by atoms with Gasteiger partial charge in [-0.1, -0.05) is 6.07 Å². The molecule has 2 atom stereocenters. The van der Waals surface area contributed by atoms with Gasteiger partial charge in [-0.15, -0.1) is 0 Å². The number of alkyl halides is 3. The summed E-state index contributed by atoms with van der Waals surface area (Å²) in [7, 11) is 0. The Hall–Kier alpha value is -3.96. The Bertz CT molecular complexity index is 1330. The monoisotopic (exact) mass is 489 g/mol. The number of benzene rings is 1. The standard InChI is InChI=1S/C23H19F4N5O3/c24-16-8-12(13-2-6-20(28-10-13)35-11-23(25,26)27)1-4-17(16)29-22(34)32-15-3-5-18(32)21-14(7-15)9-19(33)30-31-21/h1-2,4,6,8-10,15,18H,3,5,7,11H2,(H,29,34)(H,30,33)/t15?,18-/m1/s1. The van der Waals surface area contributed by atoms with Crippen molar-refractivity contribution in [1.82, 2.24) is 20.1 Å². The third kappa shape index (κ3) is 4.68. The summed E-state index contributed by atoms with van der Waals surface area (Å²) in [5.74, 6) is -0.882. The number of aromatic amines is 1. The molecule has 0 radical (unpaired) electrons. The lowest BCUT2D eigenvalue weighted by Crippen LogP contribution is -2.45. The molecule has 1 saturated heterocycles. The fourth-order valence-corrected chi connectivity index (χ4v) is 4.58. The van der Waals surface area contributed by atoms with Crippen LogP contribution >= 0.6 is 0 Å². The van der Waals surface area contributed by atoms with E-state index in [0.717, 1.165) is 12.0 Å². The molecule has 2 aliphatic rings. The van der Waals surface area contributed by atoms with E-state index in [4.69, 9.17) is 0 Å². The number of pyridine rings is 1. The molecular formula is C23H19F4N5O3. The molecule has 0 spiro atoms. The minimum absolute atomic E-state index is 0.0172. The van der Waals surface area contributed by atoms with Crippen LogP contribution in [-0.2, 0) is 6.42 Å². The van der Waals surface area contributed by atoms with Crippen LogP contribution in [0.25, 0.3) is 11.1 Å². The zero-order valence-electron chi connectivity index (χ0n) is 18.1. The number of urea groups is 1. The van der Waals surface area contributed by atoms with E-state index in [2.05, 4.69) is 25.2 Å². The van der Waals surface area contributed by atoms with Gasteiger partial charge in [0.05, 0.1) is 17.4 Å². The highest BCUT2D eigenvalue weighted by atomic mass is 19.4. The van der Waals surface area contributed by atoms with E-state index in [0.29, 0.717) is 29.7 Å². The maximum atomic E-state index is 14.8. The van der Waals surface area contributed by atoms with Gasteiger partial charge in [0.2, 0.25) is 5.88 Å². The quantitative estimate of drug-likeness (QED) is 0.535. The summed E-state index contributed by atoms with van der Waals surface area (Å²) in [5.41, 5.74) is 2.06. The zero-order valence-corrected chi connectivity index (χ0v) is 18.1. The van der Waals surface area contributed by atoms with E-state index in [1.807, 2.05) is 0 Å². The summed E-state index contributed by atoms with van der Waals surface area (Å²) in [4.78, 5) is 30.1. The second kappa shape index (κ2) is 8.67. The number of nitrogens with one attached hydrogen (secondary N) is 2. The number of hydrogen-bond acceptors (Lipinski definition) is 5. The summed E-state index contributed by atoms with van der Waals surface area (Å²) >= 11 is 0. The van der Waals surface area contributed by atoms with Gasteiger partial charge in [-0.05, 0) is 48.6 Å². The number of ether oxygens (including phenoxy) is 1. The Balaban J connectivity index is 1.29. The van der Waals surface area contributed by atoms with Crippen molar-refractivity contribution in [1.29, 1.82) is 0 Å². The smallest absolute Gasteiger partial charge is 0.422 e. The van der Waals surface area contributed by atoms with Gasteiger partial charge in [-0.3, -0.25) is 4.79 Å². The highest BCUT2D eigenvalue weighted by Gasteiger charge is 2.44. The third-order valence-electron chi connectivity index (χ3n) is 6.09. The molecule has 0 aliphatic carbocycles. The number of H-pyrrole nitrogens is 1. The van der Waals surface area contributed by atoms with Crippen LogP contribution in [0.3, 0.4) is 0 Å². The predicted octanol–water partition coefficient (Wildman–Crippen LogP) is 4.21. The Morgan fingerprint density at radius 1 is 1.17 bits per heavy atom. The van der Waals surface area contributed by atoms with E-state index < -0.39 is 24.6 Å². The highest BCUT2D eigenvalue weighted by Crippen LogP contribution is 2.42. The molecule has 1 fully saturated rings. The molecule has 2 amide bonds. The van der Waals surface area contributed by atoms with Crippen molar-refractivity contribution in [3.63, 3.8) is 0 Å². The van der Waals surface area contributed by atoms with Crippen molar-refractivity contribution >= 4 is 11.7 Å². The maximum Gasteiger partial charge on any atom is 0.422 e. The molecule has 12 heteroatoms. The summed E-state index contributed by atoms with van der Waals surface area (Å²) in [6.45, 7) is -1.46. The first-order chi connectivity index (χ1) is 16.7. The van der Waals surface area contributed by atoms with Crippen LogP contribution in [0.2, 0.25) is 0 Å². The van der Waals surface area contributed by atoms with Crippen LogP contribution in [0.1, 0.15) is 30.1 Å². The van der Waals surface area contributed by atoms with E-state index in [-0.39, 0.29) is 29.2 Å². The van der Waals surface area contributed by atoms with E-state index >= 15 is 0 Å². The molecule has 1 unspecified atom stereocenters. The minimum Gasteiger partial charge on any atom is -0.468 e. The molecule has 5 rings (SSSR count). The van der Waals surface area contributed by atoms with Gasteiger partial charge in [-0.25, -0.2) is 19.3 Å². The topological polar surface area (TPSA) is 100 Å². The molecule has 4 heterocycles. The van der Waals surface area contributed by atoms with Crippen molar-refractivity contribution in [2.45, 2.75) is 37.5 Å². The average molecular weight is 489 g/mol. The van der Waals surface area contributed by atoms with Crippen LogP contribution in [-0.4, -0.2) is 44.9 Å². The van der Waals surface area contributed by atoms with Crippen LogP contribution in [0.4, 0.5) is 28.0 Å². The Morgan fingerprint density at radius 2 is 1.97 bits per heavy atom. The third-order valence-corrected chi connectivity index (χ3v) is 6.09. The predicted molar refractivity (Wildman–Crippen MR) is 116 cm³/mol. The first-order valence-electron chi connectivity index (χ1n) is 10.8. The van der Waals surface area contributed by atoms with E-state index in [1.165, 1.54) is 36.5 Å². The minimum atomic E-state index is -4.48. The number of rotatable bonds is 4. The Kier molecular flexibility index (Phi) is 5.65. The summed E-state index contributed by atoms with van der Waals surface area (Å²) < 4.78 is 56.2. The van der Waals surface area contributed by atoms with Gasteiger partial charge < -0.3 is 15.0 Å². The van der Waals surface area contributed by atoms with Crippen molar-refractivity contribution in [3.8, 4) is 17.0 Å². The Labute approximate surface area is 195 Å². The molecule has 2 aliphatic heterocycles. The molecule has 182 valence electrons. The highest BCUT2D eigenvalue weighted by molar-refractivity contribution is 5.90. The molecular weight excluding hydrogens is 470 g/mol. The molecule has 0 saturated carbocycles. The largest absolute Gasteiger partial charge is 0.468 e. The molecule has 1 aromatic carbocycles. The number of anilines is 1. The van der Waals surface area contributed by atoms with Crippen molar-refractivity contribution in [2.24, 2.45) is 0 Å². The number of amides is 2. The SMILES string of the molecule is O=C(Nc1ccc(-c2ccc(OCC(F)(F)F)nc2)cc1F)N1C2CC[C@@H]1c1n[nH]c(=O)cc1C2. The van der Waals surface area contributed by atoms with Crippen molar-refractivity contribution in [2.75, 3.05) is 11.9 Å². The second-order valence-corrected chi connectivity index (χ2v) is 8.41. The first kappa shape index (κ1) is 22.8. The summed E-state index contributed by atoms with van der Waals surface area (Å²) in [5, 5.41) is 9.15. The molecule has 2 aromatic heterocycles. The molecule has 35 heavy (non-hydrogen) atoms. The number of nitrogens with zero attached hydrogens (tertiary/aromatic N) is 3. The summed E-state index contributed by atoms with van der Waals surface area (Å²) in [6.07, 6.45) is -1.25.